The van der Waals surface area contributed by atoms with Crippen LogP contribution in [0.5, 0.6) is 0 Å². The maximum atomic E-state index is 13.1. The van der Waals surface area contributed by atoms with Crippen molar-refractivity contribution in [2.45, 2.75) is 71.1 Å². The van der Waals surface area contributed by atoms with E-state index in [1.807, 2.05) is 42.3 Å². The SMILES string of the molecule is CCCCCCCCCCCCN(C)C(=O)c1ccnc2c1ccc1cccnc12. The van der Waals surface area contributed by atoms with E-state index in [0.717, 1.165) is 34.8 Å². The van der Waals surface area contributed by atoms with Crippen LogP contribution >= 0.6 is 0 Å². The molecule has 0 radical (unpaired) electrons. The Morgan fingerprint density at radius 3 is 2.20 bits per heavy atom. The molecule has 3 aromatic rings. The van der Waals surface area contributed by atoms with Crippen LogP contribution in [0.4, 0.5) is 0 Å². The van der Waals surface area contributed by atoms with Gasteiger partial charge in [0.05, 0.1) is 16.6 Å². The van der Waals surface area contributed by atoms with Crippen molar-refractivity contribution in [3.63, 3.8) is 0 Å². The molecule has 0 spiro atoms. The molecule has 2 aromatic heterocycles. The molecule has 4 heteroatoms. The summed E-state index contributed by atoms with van der Waals surface area (Å²) in [4.78, 5) is 23.9. The van der Waals surface area contributed by atoms with Gasteiger partial charge in [0.2, 0.25) is 0 Å². The van der Waals surface area contributed by atoms with Gasteiger partial charge in [-0.25, -0.2) is 0 Å². The maximum Gasteiger partial charge on any atom is 0.254 e. The summed E-state index contributed by atoms with van der Waals surface area (Å²) in [5.74, 6) is 0.0635. The summed E-state index contributed by atoms with van der Waals surface area (Å²) in [5.41, 5.74) is 2.36. The zero-order chi connectivity index (χ0) is 21.2. The first-order valence-electron chi connectivity index (χ1n) is 11.6. The smallest absolute Gasteiger partial charge is 0.254 e. The number of pyridine rings is 2. The lowest BCUT2D eigenvalue weighted by atomic mass is 10.0. The maximum absolute atomic E-state index is 13.1. The van der Waals surface area contributed by atoms with Crippen LogP contribution in [0.3, 0.4) is 0 Å². The summed E-state index contributed by atoms with van der Waals surface area (Å²) >= 11 is 0. The Bertz CT molecular complexity index is 953. The van der Waals surface area contributed by atoms with Crippen molar-refractivity contribution in [2.24, 2.45) is 0 Å². The lowest BCUT2D eigenvalue weighted by molar-refractivity contribution is 0.0794. The molecule has 1 amide bonds. The van der Waals surface area contributed by atoms with E-state index < -0.39 is 0 Å². The number of rotatable bonds is 12. The molecule has 0 N–H and O–H groups in total. The Hall–Kier alpha value is -2.49. The first-order chi connectivity index (χ1) is 14.7. The van der Waals surface area contributed by atoms with E-state index in [1.54, 1.807) is 12.4 Å². The van der Waals surface area contributed by atoms with Gasteiger partial charge in [-0.15, -0.1) is 0 Å². The number of fused-ring (bicyclic) bond motifs is 3. The minimum atomic E-state index is 0.0635. The standard InChI is InChI=1S/C26H35N3O/c1-3-4-5-6-7-8-9-10-11-12-20-29(2)26(30)23-17-19-28-25-22(23)16-15-21-14-13-18-27-24(21)25/h13-19H,3-12,20H2,1-2H3. The molecule has 2 heterocycles. The summed E-state index contributed by atoms with van der Waals surface area (Å²) in [5, 5.41) is 1.92. The van der Waals surface area contributed by atoms with Gasteiger partial charge in [-0.1, -0.05) is 82.9 Å². The minimum absolute atomic E-state index is 0.0635. The molecule has 0 atom stereocenters. The van der Waals surface area contributed by atoms with Crippen molar-refractivity contribution in [1.29, 1.82) is 0 Å². The van der Waals surface area contributed by atoms with Gasteiger partial charge in [0.1, 0.15) is 0 Å². The molecule has 0 aliphatic heterocycles. The Morgan fingerprint density at radius 2 is 1.47 bits per heavy atom. The Balaban J connectivity index is 1.49. The molecule has 0 saturated heterocycles. The number of carbonyl (C=O) groups is 1. The number of unbranched alkanes of at least 4 members (excludes halogenated alkanes) is 9. The van der Waals surface area contributed by atoms with Gasteiger partial charge in [-0.05, 0) is 18.6 Å². The summed E-state index contributed by atoms with van der Waals surface area (Å²) in [6.07, 6.45) is 16.5. The highest BCUT2D eigenvalue weighted by molar-refractivity contribution is 6.12. The van der Waals surface area contributed by atoms with Crippen LogP contribution in [0.2, 0.25) is 0 Å². The van der Waals surface area contributed by atoms with Gasteiger partial charge >= 0.3 is 0 Å². The Morgan fingerprint density at radius 1 is 0.800 bits per heavy atom. The normalized spacial score (nSPS) is 11.3. The van der Waals surface area contributed by atoms with Gasteiger partial charge < -0.3 is 4.90 Å². The van der Waals surface area contributed by atoms with Crippen LogP contribution in [0, 0.1) is 0 Å². The molecule has 0 saturated carbocycles. The van der Waals surface area contributed by atoms with Crippen molar-refractivity contribution in [3.05, 3.63) is 48.3 Å². The predicted molar refractivity (Wildman–Crippen MR) is 126 cm³/mol. The second-order valence-electron chi connectivity index (χ2n) is 8.30. The molecule has 0 aliphatic rings. The quantitative estimate of drug-likeness (QED) is 0.246. The van der Waals surface area contributed by atoms with E-state index in [4.69, 9.17) is 0 Å². The molecule has 1 aromatic carbocycles. The van der Waals surface area contributed by atoms with Gasteiger partial charge in [-0.3, -0.25) is 14.8 Å². The van der Waals surface area contributed by atoms with E-state index in [0.29, 0.717) is 5.56 Å². The monoisotopic (exact) mass is 405 g/mol. The highest BCUT2D eigenvalue weighted by Crippen LogP contribution is 2.25. The molecule has 0 unspecified atom stereocenters. The average molecular weight is 406 g/mol. The van der Waals surface area contributed by atoms with Crippen molar-refractivity contribution < 1.29 is 4.79 Å². The summed E-state index contributed by atoms with van der Waals surface area (Å²) in [7, 11) is 1.90. The highest BCUT2D eigenvalue weighted by Gasteiger charge is 2.16. The molecular formula is C26H35N3O. The van der Waals surface area contributed by atoms with Gasteiger partial charge in [0.25, 0.3) is 5.91 Å². The molecule has 0 aliphatic carbocycles. The summed E-state index contributed by atoms with van der Waals surface area (Å²) < 4.78 is 0. The van der Waals surface area contributed by atoms with Gasteiger partial charge in [-0.2, -0.15) is 0 Å². The van der Waals surface area contributed by atoms with Crippen molar-refractivity contribution >= 4 is 27.7 Å². The van der Waals surface area contributed by atoms with Crippen LogP contribution in [0.1, 0.15) is 81.5 Å². The van der Waals surface area contributed by atoms with Crippen LogP contribution in [-0.2, 0) is 0 Å². The number of carbonyl (C=O) groups excluding carboxylic acids is 1. The van der Waals surface area contributed by atoms with E-state index in [9.17, 15) is 4.79 Å². The molecule has 3 rings (SSSR count). The van der Waals surface area contributed by atoms with Crippen molar-refractivity contribution in [3.8, 4) is 0 Å². The minimum Gasteiger partial charge on any atom is -0.342 e. The Labute approximate surface area is 180 Å². The molecule has 0 bridgehead atoms. The third kappa shape index (κ3) is 5.78. The average Bonchev–Trinajstić information content (AvgIpc) is 2.79. The summed E-state index contributed by atoms with van der Waals surface area (Å²) in [6, 6.07) is 9.78. The van der Waals surface area contributed by atoms with Crippen molar-refractivity contribution in [2.75, 3.05) is 13.6 Å². The third-order valence-electron chi connectivity index (χ3n) is 5.91. The number of benzene rings is 1. The highest BCUT2D eigenvalue weighted by atomic mass is 16.2. The van der Waals surface area contributed by atoms with E-state index in [2.05, 4.69) is 16.9 Å². The lowest BCUT2D eigenvalue weighted by Gasteiger charge is -2.18. The van der Waals surface area contributed by atoms with Gasteiger partial charge in [0.15, 0.2) is 0 Å². The molecule has 160 valence electrons. The molecule has 30 heavy (non-hydrogen) atoms. The molecule has 0 fully saturated rings. The predicted octanol–water partition coefficient (Wildman–Crippen LogP) is 6.78. The van der Waals surface area contributed by atoms with Crippen LogP contribution in [0.15, 0.2) is 42.7 Å². The van der Waals surface area contributed by atoms with Crippen LogP contribution < -0.4 is 0 Å². The second-order valence-corrected chi connectivity index (χ2v) is 8.30. The Kier molecular flexibility index (Phi) is 8.61. The van der Waals surface area contributed by atoms with Crippen molar-refractivity contribution in [1.82, 2.24) is 14.9 Å². The zero-order valence-corrected chi connectivity index (χ0v) is 18.6. The van der Waals surface area contributed by atoms with E-state index in [1.165, 1.54) is 57.8 Å². The number of hydrogen-bond acceptors (Lipinski definition) is 3. The third-order valence-corrected chi connectivity index (χ3v) is 5.91. The fourth-order valence-corrected chi connectivity index (χ4v) is 4.08. The number of amides is 1. The topological polar surface area (TPSA) is 46.1 Å². The van der Waals surface area contributed by atoms with Crippen LogP contribution in [-0.4, -0.2) is 34.4 Å². The fourth-order valence-electron chi connectivity index (χ4n) is 4.08. The number of aromatic nitrogens is 2. The largest absolute Gasteiger partial charge is 0.342 e. The lowest BCUT2D eigenvalue weighted by Crippen LogP contribution is -2.28. The summed E-state index contributed by atoms with van der Waals surface area (Å²) in [6.45, 7) is 3.06. The zero-order valence-electron chi connectivity index (χ0n) is 18.6. The van der Waals surface area contributed by atoms with E-state index >= 15 is 0 Å². The fraction of sp³-hybridized carbons (Fsp3) is 0.500. The first kappa shape index (κ1) is 22.2. The van der Waals surface area contributed by atoms with Crippen LogP contribution in [0.25, 0.3) is 21.8 Å². The number of nitrogens with zero attached hydrogens (tertiary/aromatic N) is 3. The second kappa shape index (κ2) is 11.6. The van der Waals surface area contributed by atoms with E-state index in [-0.39, 0.29) is 5.91 Å². The first-order valence-corrected chi connectivity index (χ1v) is 11.6. The van der Waals surface area contributed by atoms with Gasteiger partial charge in [0, 0.05) is 36.8 Å². The number of hydrogen-bond donors (Lipinski definition) is 0. The molecule has 4 nitrogen and oxygen atoms in total. The molecular weight excluding hydrogens is 370 g/mol.